The molecular formula is C20H24F5NO2. The molecule has 0 spiro atoms. The van der Waals surface area contributed by atoms with Crippen LogP contribution in [0.1, 0.15) is 44.7 Å². The van der Waals surface area contributed by atoms with Gasteiger partial charge in [-0.2, -0.15) is 8.78 Å². The highest BCUT2D eigenvalue weighted by Crippen LogP contribution is 2.60. The zero-order chi connectivity index (χ0) is 21.2. The number of hydrogen-bond acceptors (Lipinski definition) is 3. The summed E-state index contributed by atoms with van der Waals surface area (Å²) in [6.45, 7) is 5.92. The maximum absolute atomic E-state index is 14.5. The predicted molar refractivity (Wildman–Crippen MR) is 95.3 cm³/mol. The van der Waals surface area contributed by atoms with Crippen molar-refractivity contribution in [2.24, 2.45) is 17.3 Å². The number of nitrogens with one attached hydrogen (secondary N) is 1. The van der Waals surface area contributed by atoms with Gasteiger partial charge in [0.1, 0.15) is 6.61 Å². The monoisotopic (exact) mass is 405 g/mol. The van der Waals surface area contributed by atoms with Gasteiger partial charge in [0, 0.05) is 18.0 Å². The van der Waals surface area contributed by atoms with E-state index in [4.69, 9.17) is 4.74 Å². The van der Waals surface area contributed by atoms with Crippen molar-refractivity contribution in [3.05, 3.63) is 40.7 Å². The van der Waals surface area contributed by atoms with Crippen molar-refractivity contribution in [3.63, 3.8) is 0 Å². The number of carbonyl (C=O) groups excluding carboxylic acids is 1. The highest BCUT2D eigenvalue weighted by atomic mass is 19.3. The molecule has 28 heavy (non-hydrogen) atoms. The summed E-state index contributed by atoms with van der Waals surface area (Å²) in [4.78, 5) is 12.3. The number of halogens is 5. The topological polar surface area (TPSA) is 38.3 Å². The first-order valence-electron chi connectivity index (χ1n) is 9.13. The Labute approximate surface area is 160 Å². The lowest BCUT2D eigenvalue weighted by Crippen LogP contribution is -2.16. The Hall–Kier alpha value is -2.12. The molecule has 156 valence electrons. The van der Waals surface area contributed by atoms with E-state index < -0.39 is 64.5 Å². The molecule has 0 aliphatic heterocycles. The Kier molecular flexibility index (Phi) is 6.72. The van der Waals surface area contributed by atoms with Crippen LogP contribution in [0.2, 0.25) is 0 Å². The number of esters is 1. The first-order chi connectivity index (χ1) is 13.0. The number of benzene rings is 1. The summed E-state index contributed by atoms with van der Waals surface area (Å²) in [5.41, 5.74) is -1.89. The van der Waals surface area contributed by atoms with Crippen molar-refractivity contribution in [2.45, 2.75) is 47.1 Å². The summed E-state index contributed by atoms with van der Waals surface area (Å²) >= 11 is 0. The van der Waals surface area contributed by atoms with E-state index in [1.165, 1.54) is 0 Å². The minimum absolute atomic E-state index is 0.251. The molecule has 1 saturated carbocycles. The molecule has 2 atom stereocenters. The van der Waals surface area contributed by atoms with E-state index in [1.54, 1.807) is 13.8 Å². The third kappa shape index (κ3) is 4.31. The van der Waals surface area contributed by atoms with Crippen LogP contribution in [0.5, 0.6) is 0 Å². The molecule has 0 heterocycles. The summed E-state index contributed by atoms with van der Waals surface area (Å²) in [5.74, 6) is -5.94. The molecule has 0 amide bonds. The van der Waals surface area contributed by atoms with Crippen molar-refractivity contribution < 1.29 is 31.5 Å². The van der Waals surface area contributed by atoms with E-state index in [0.29, 0.717) is 19.0 Å². The number of rotatable bonds is 8. The van der Waals surface area contributed by atoms with Crippen molar-refractivity contribution in [1.29, 1.82) is 0 Å². The van der Waals surface area contributed by atoms with Gasteiger partial charge in [0.2, 0.25) is 0 Å². The van der Waals surface area contributed by atoms with E-state index >= 15 is 0 Å². The standard InChI is InChI=1S/C20H24F5NO2/c1-5-6-7-26-18-11(17(25)15(23)10(2)16(18)24)9-28-19(27)14-12(8-13(21)22)20(14,3)4/h8,12,14,26H,5-7,9H2,1-4H3/t12-,14+/m1/s1. The summed E-state index contributed by atoms with van der Waals surface area (Å²) in [7, 11) is 0. The molecule has 1 aromatic rings. The second kappa shape index (κ2) is 8.49. The minimum Gasteiger partial charge on any atom is -0.460 e. The van der Waals surface area contributed by atoms with Crippen LogP contribution >= 0.6 is 0 Å². The molecule has 3 nitrogen and oxygen atoms in total. The number of anilines is 1. The number of allylic oxidation sites excluding steroid dienone is 1. The maximum Gasteiger partial charge on any atom is 0.310 e. The van der Waals surface area contributed by atoms with Gasteiger partial charge in [0.15, 0.2) is 17.5 Å². The van der Waals surface area contributed by atoms with Crippen molar-refractivity contribution in [3.8, 4) is 0 Å². The quantitative estimate of drug-likeness (QED) is 0.260. The zero-order valence-corrected chi connectivity index (χ0v) is 16.3. The van der Waals surface area contributed by atoms with Crippen LogP contribution in [0.15, 0.2) is 12.2 Å². The van der Waals surface area contributed by atoms with Crippen molar-refractivity contribution in [2.75, 3.05) is 11.9 Å². The van der Waals surface area contributed by atoms with Crippen LogP contribution in [0, 0.1) is 41.6 Å². The van der Waals surface area contributed by atoms with Crippen LogP contribution in [-0.4, -0.2) is 12.5 Å². The fraction of sp³-hybridized carbons (Fsp3) is 0.550. The SMILES string of the molecule is CCCCNc1c(F)c(C)c(F)c(F)c1COC(=O)[C@@H]1[C@@H](C=C(F)F)C1(C)C. The van der Waals surface area contributed by atoms with Crippen LogP contribution in [0.4, 0.5) is 27.6 Å². The molecule has 0 aromatic heterocycles. The molecule has 1 aliphatic rings. The fourth-order valence-corrected chi connectivity index (χ4v) is 3.34. The Morgan fingerprint density at radius 1 is 1.18 bits per heavy atom. The van der Waals surface area contributed by atoms with Crippen molar-refractivity contribution in [1.82, 2.24) is 0 Å². The van der Waals surface area contributed by atoms with Crippen LogP contribution in [0.25, 0.3) is 0 Å². The number of carbonyl (C=O) groups is 1. The predicted octanol–water partition coefficient (Wildman–Crippen LogP) is 5.72. The van der Waals surface area contributed by atoms with Crippen LogP contribution in [0.3, 0.4) is 0 Å². The molecule has 0 saturated heterocycles. The molecule has 1 fully saturated rings. The minimum atomic E-state index is -1.90. The second-order valence-electron chi connectivity index (χ2n) is 7.59. The summed E-state index contributed by atoms with van der Waals surface area (Å²) < 4.78 is 72.9. The first-order valence-corrected chi connectivity index (χ1v) is 9.13. The highest BCUT2D eigenvalue weighted by molar-refractivity contribution is 5.78. The molecule has 0 bridgehead atoms. The fourth-order valence-electron chi connectivity index (χ4n) is 3.34. The lowest BCUT2D eigenvalue weighted by molar-refractivity contribution is -0.147. The lowest BCUT2D eigenvalue weighted by atomic mass is 10.1. The third-order valence-electron chi connectivity index (χ3n) is 5.30. The van der Waals surface area contributed by atoms with Gasteiger partial charge in [-0.3, -0.25) is 4.79 Å². The van der Waals surface area contributed by atoms with E-state index in [0.717, 1.165) is 13.3 Å². The van der Waals surface area contributed by atoms with Crippen LogP contribution < -0.4 is 5.32 Å². The van der Waals surface area contributed by atoms with Crippen molar-refractivity contribution >= 4 is 11.7 Å². The smallest absolute Gasteiger partial charge is 0.310 e. The molecule has 0 radical (unpaired) electrons. The zero-order valence-electron chi connectivity index (χ0n) is 16.3. The van der Waals surface area contributed by atoms with E-state index in [2.05, 4.69) is 5.32 Å². The number of unbranched alkanes of at least 4 members (excludes halogenated alkanes) is 1. The van der Waals surface area contributed by atoms with Gasteiger partial charge < -0.3 is 10.1 Å². The summed E-state index contributed by atoms with van der Waals surface area (Å²) in [6, 6.07) is 0. The van der Waals surface area contributed by atoms with Gasteiger partial charge in [0.05, 0.1) is 17.2 Å². The first kappa shape index (κ1) is 22.2. The summed E-state index contributed by atoms with van der Waals surface area (Å²) in [5, 5.41) is 2.73. The van der Waals surface area contributed by atoms with E-state index in [1.807, 2.05) is 6.92 Å². The van der Waals surface area contributed by atoms with Gasteiger partial charge in [-0.05, 0) is 24.8 Å². The molecular weight excluding hydrogens is 381 g/mol. The lowest BCUT2D eigenvalue weighted by Gasteiger charge is -2.17. The average Bonchev–Trinajstić information content (AvgIpc) is 3.16. The maximum atomic E-state index is 14.5. The molecule has 0 unspecified atom stereocenters. The Bertz CT molecular complexity index is 788. The van der Waals surface area contributed by atoms with E-state index in [9.17, 15) is 26.7 Å². The molecule has 1 aromatic carbocycles. The Balaban J connectivity index is 2.21. The second-order valence-corrected chi connectivity index (χ2v) is 7.59. The Morgan fingerprint density at radius 3 is 2.39 bits per heavy atom. The van der Waals surface area contributed by atoms with Gasteiger partial charge >= 0.3 is 5.97 Å². The molecule has 8 heteroatoms. The summed E-state index contributed by atoms with van der Waals surface area (Å²) in [6.07, 6.45) is 0.272. The third-order valence-corrected chi connectivity index (χ3v) is 5.30. The average molecular weight is 405 g/mol. The number of hydrogen-bond donors (Lipinski definition) is 1. The normalized spacial score (nSPS) is 19.9. The molecule has 1 N–H and O–H groups in total. The molecule has 1 aliphatic carbocycles. The van der Waals surface area contributed by atoms with Crippen LogP contribution in [-0.2, 0) is 16.1 Å². The van der Waals surface area contributed by atoms with Gasteiger partial charge in [-0.1, -0.05) is 27.2 Å². The van der Waals surface area contributed by atoms with Gasteiger partial charge in [-0.15, -0.1) is 0 Å². The largest absolute Gasteiger partial charge is 0.460 e. The van der Waals surface area contributed by atoms with Gasteiger partial charge in [0.25, 0.3) is 6.08 Å². The Morgan fingerprint density at radius 2 is 1.82 bits per heavy atom. The number of ether oxygens (including phenoxy) is 1. The van der Waals surface area contributed by atoms with Gasteiger partial charge in [-0.25, -0.2) is 13.2 Å². The molecule has 2 rings (SSSR count). The highest BCUT2D eigenvalue weighted by Gasteiger charge is 2.62. The van der Waals surface area contributed by atoms with E-state index in [-0.39, 0.29) is 5.69 Å².